The topological polar surface area (TPSA) is 64.1 Å². The van der Waals surface area contributed by atoms with Crippen LogP contribution in [0.15, 0.2) is 60.0 Å². The molecule has 5 rings (SSSR count). The molecular weight excluding hydrogens is 546 g/mol. The first kappa shape index (κ1) is 28.5. The summed E-state index contributed by atoms with van der Waals surface area (Å²) in [7, 11) is 0. The lowest BCUT2D eigenvalue weighted by molar-refractivity contribution is -0.159. The van der Waals surface area contributed by atoms with Crippen LogP contribution in [0.2, 0.25) is 0 Å². The zero-order valence-electron chi connectivity index (χ0n) is 23.1. The van der Waals surface area contributed by atoms with E-state index in [2.05, 4.69) is 44.4 Å². The monoisotopic (exact) mass is 581 g/mol. The number of aromatic nitrogens is 1. The number of unbranched alkanes of at least 4 members (excludes halogenated alkanes) is 1. The van der Waals surface area contributed by atoms with Crippen molar-refractivity contribution >= 4 is 55.6 Å². The number of nitrogens with zero attached hydrogens (tertiary/aromatic N) is 3. The smallest absolute Gasteiger partial charge is 0.315 e. The van der Waals surface area contributed by atoms with E-state index >= 15 is 0 Å². The highest BCUT2D eigenvalue weighted by Crippen LogP contribution is 2.31. The van der Waals surface area contributed by atoms with Gasteiger partial charge < -0.3 is 19.1 Å². The van der Waals surface area contributed by atoms with Crippen LogP contribution in [-0.4, -0.2) is 67.9 Å². The second-order valence-corrected chi connectivity index (χ2v) is 11.9. The Morgan fingerprint density at radius 1 is 1.02 bits per heavy atom. The zero-order valence-corrected chi connectivity index (χ0v) is 24.7. The van der Waals surface area contributed by atoms with Crippen LogP contribution in [-0.2, 0) is 9.53 Å². The van der Waals surface area contributed by atoms with Crippen molar-refractivity contribution in [1.29, 1.82) is 0 Å². The van der Waals surface area contributed by atoms with Crippen molar-refractivity contribution in [1.82, 2.24) is 9.88 Å². The minimum Gasteiger partial charge on any atom is -0.494 e. The summed E-state index contributed by atoms with van der Waals surface area (Å²) >= 11 is 7.63. The van der Waals surface area contributed by atoms with E-state index in [9.17, 15) is 4.79 Å². The number of benzene rings is 2. The molecule has 0 amide bonds. The number of carbonyl (C=O) groups is 1. The van der Waals surface area contributed by atoms with Gasteiger partial charge in [0.15, 0.2) is 0 Å². The zero-order chi connectivity index (χ0) is 28.0. The number of hydrogen-bond acceptors (Lipinski definition) is 8. The molecule has 1 fully saturated rings. The molecule has 1 saturated heterocycles. The molecular formula is C31H36ClN3O4S. The Balaban J connectivity index is 1.03. The third-order valence-corrected chi connectivity index (χ3v) is 8.79. The lowest BCUT2D eigenvalue weighted by Crippen LogP contribution is -2.46. The second-order valence-electron chi connectivity index (χ2n) is 10.7. The molecule has 0 radical (unpaired) electrons. The van der Waals surface area contributed by atoms with Crippen LogP contribution in [0, 0.1) is 5.41 Å². The summed E-state index contributed by atoms with van der Waals surface area (Å²) in [5.41, 5.74) is 1.37. The van der Waals surface area contributed by atoms with E-state index in [-0.39, 0.29) is 12.7 Å². The van der Waals surface area contributed by atoms with Crippen molar-refractivity contribution < 1.29 is 19.0 Å². The van der Waals surface area contributed by atoms with E-state index in [0.717, 1.165) is 62.2 Å². The van der Waals surface area contributed by atoms with Gasteiger partial charge in [0, 0.05) is 65.4 Å². The van der Waals surface area contributed by atoms with E-state index in [4.69, 9.17) is 25.8 Å². The third-order valence-electron chi connectivity index (χ3n) is 7.24. The highest BCUT2D eigenvalue weighted by Gasteiger charge is 2.28. The van der Waals surface area contributed by atoms with Crippen molar-refractivity contribution in [3.05, 3.63) is 60.0 Å². The Hall–Kier alpha value is -3.07. The number of piperazine rings is 1. The van der Waals surface area contributed by atoms with Gasteiger partial charge in [-0.1, -0.05) is 6.07 Å². The summed E-state index contributed by atoms with van der Waals surface area (Å²) in [6.07, 6.45) is 2.09. The number of thiophene rings is 1. The van der Waals surface area contributed by atoms with Crippen molar-refractivity contribution in [3.8, 4) is 11.6 Å². The van der Waals surface area contributed by atoms with Crippen molar-refractivity contribution in [2.45, 2.75) is 26.7 Å². The van der Waals surface area contributed by atoms with E-state index in [1.165, 1.54) is 15.8 Å². The fourth-order valence-corrected chi connectivity index (χ4v) is 5.65. The number of rotatable bonds is 12. The molecule has 2 aromatic heterocycles. The fourth-order valence-electron chi connectivity index (χ4n) is 4.74. The lowest BCUT2D eigenvalue weighted by Gasteiger charge is -2.36. The maximum Gasteiger partial charge on any atom is 0.315 e. The molecule has 7 nitrogen and oxygen atoms in total. The van der Waals surface area contributed by atoms with Crippen molar-refractivity contribution in [2.24, 2.45) is 5.41 Å². The Kier molecular flexibility index (Phi) is 9.29. The third kappa shape index (κ3) is 6.97. The quantitative estimate of drug-likeness (QED) is 0.0811. The molecule has 1 aliphatic rings. The number of carbonyl (C=O) groups excluding carboxylic acids is 1. The minimum absolute atomic E-state index is 0.174. The molecule has 0 saturated carbocycles. The first-order valence-electron chi connectivity index (χ1n) is 13.8. The Labute approximate surface area is 244 Å². The molecule has 0 unspecified atom stereocenters. The molecule has 0 atom stereocenters. The van der Waals surface area contributed by atoms with Crippen LogP contribution in [0.5, 0.6) is 11.6 Å². The van der Waals surface area contributed by atoms with Gasteiger partial charge in [-0.15, -0.1) is 22.9 Å². The number of hydrogen-bond donors (Lipinski definition) is 0. The molecule has 0 spiro atoms. The van der Waals surface area contributed by atoms with Crippen molar-refractivity contribution in [3.63, 3.8) is 0 Å². The van der Waals surface area contributed by atoms with Crippen LogP contribution in [0.1, 0.15) is 26.7 Å². The molecule has 9 heteroatoms. The van der Waals surface area contributed by atoms with Crippen LogP contribution in [0.25, 0.3) is 21.0 Å². The SMILES string of the molecule is CC(C)(CCl)C(=O)OCOc1ccc2ccc(OCCCCN3CCN(c4cccc5sccc45)CC3)cc2n1. The Morgan fingerprint density at radius 2 is 1.85 bits per heavy atom. The maximum atomic E-state index is 12.0. The van der Waals surface area contributed by atoms with Crippen LogP contribution in [0.3, 0.4) is 0 Å². The van der Waals surface area contributed by atoms with Gasteiger partial charge in [0.05, 0.1) is 17.5 Å². The highest BCUT2D eigenvalue weighted by atomic mass is 35.5. The highest BCUT2D eigenvalue weighted by molar-refractivity contribution is 7.17. The minimum atomic E-state index is -0.761. The summed E-state index contributed by atoms with van der Waals surface area (Å²) in [5.74, 6) is 0.929. The fraction of sp³-hybridized carbons (Fsp3) is 0.419. The molecule has 0 bridgehead atoms. The average molecular weight is 582 g/mol. The summed E-state index contributed by atoms with van der Waals surface area (Å²) < 4.78 is 18.1. The molecule has 40 heavy (non-hydrogen) atoms. The van der Waals surface area contributed by atoms with Gasteiger partial charge in [-0.3, -0.25) is 9.69 Å². The molecule has 1 aliphatic heterocycles. The van der Waals surface area contributed by atoms with Gasteiger partial charge in [-0.05, 0) is 75.0 Å². The van der Waals surface area contributed by atoms with Crippen LogP contribution >= 0.6 is 22.9 Å². The first-order chi connectivity index (χ1) is 19.4. The average Bonchev–Trinajstić information content (AvgIpc) is 3.46. The lowest BCUT2D eigenvalue weighted by atomic mass is 9.97. The Bertz CT molecular complexity index is 1430. The summed E-state index contributed by atoms with van der Waals surface area (Å²) in [5, 5.41) is 4.53. The van der Waals surface area contributed by atoms with Gasteiger partial charge >= 0.3 is 5.97 Å². The molecule has 2 aromatic carbocycles. The van der Waals surface area contributed by atoms with Crippen molar-refractivity contribution in [2.75, 3.05) is 56.9 Å². The van der Waals surface area contributed by atoms with Gasteiger partial charge in [0.25, 0.3) is 0 Å². The number of anilines is 1. The van der Waals surface area contributed by atoms with Gasteiger partial charge in [0.1, 0.15) is 5.75 Å². The van der Waals surface area contributed by atoms with Crippen LogP contribution < -0.4 is 14.4 Å². The normalized spacial score (nSPS) is 14.5. The first-order valence-corrected chi connectivity index (χ1v) is 15.2. The number of pyridine rings is 1. The van der Waals surface area contributed by atoms with E-state index in [1.54, 1.807) is 19.9 Å². The molecule has 0 aliphatic carbocycles. The molecule has 4 aromatic rings. The second kappa shape index (κ2) is 13.1. The van der Waals surface area contributed by atoms with E-state index in [0.29, 0.717) is 12.5 Å². The summed E-state index contributed by atoms with van der Waals surface area (Å²) in [6.45, 7) is 9.30. The van der Waals surface area contributed by atoms with Gasteiger partial charge in [-0.25, -0.2) is 4.98 Å². The summed E-state index contributed by atoms with van der Waals surface area (Å²) in [6, 6.07) is 18.4. The van der Waals surface area contributed by atoms with E-state index in [1.807, 2.05) is 35.6 Å². The van der Waals surface area contributed by atoms with E-state index < -0.39 is 11.4 Å². The molecule has 0 N–H and O–H groups in total. The predicted molar refractivity (Wildman–Crippen MR) is 163 cm³/mol. The molecule has 212 valence electrons. The van der Waals surface area contributed by atoms with Gasteiger partial charge in [-0.2, -0.15) is 0 Å². The standard InChI is InChI=1S/C31H36ClN3O4S/c1-31(2,21-32)30(36)39-22-38-29-11-9-23-8-10-24(20-26(23)33-29)37-18-4-3-13-34-14-16-35(17-15-34)27-6-5-7-28-25(27)12-19-40-28/h5-12,19-20H,3-4,13-18,21-22H2,1-2H3. The number of esters is 1. The Morgan fingerprint density at radius 3 is 2.67 bits per heavy atom. The number of alkyl halides is 1. The number of ether oxygens (including phenoxy) is 3. The molecule has 3 heterocycles. The maximum absolute atomic E-state index is 12.0. The number of fused-ring (bicyclic) bond motifs is 2. The number of halogens is 1. The van der Waals surface area contributed by atoms with Gasteiger partial charge in [0.2, 0.25) is 12.7 Å². The predicted octanol–water partition coefficient (Wildman–Crippen LogP) is 6.58. The summed E-state index contributed by atoms with van der Waals surface area (Å²) in [4.78, 5) is 21.7. The van der Waals surface area contributed by atoms with Crippen LogP contribution in [0.4, 0.5) is 5.69 Å². The largest absolute Gasteiger partial charge is 0.494 e.